The van der Waals surface area contributed by atoms with Crippen LogP contribution in [0.5, 0.6) is 0 Å². The molecular formula is C16H18N4O2S2. The molecule has 6 nitrogen and oxygen atoms in total. The summed E-state index contributed by atoms with van der Waals surface area (Å²) in [7, 11) is 0. The molecule has 0 amide bonds. The lowest BCUT2D eigenvalue weighted by Crippen LogP contribution is -2.24. The number of hydrogen-bond acceptors (Lipinski definition) is 7. The lowest BCUT2D eigenvalue weighted by Gasteiger charge is -2.10. The first-order valence-electron chi connectivity index (χ1n) is 7.42. The zero-order chi connectivity index (χ0) is 18.0. The van der Waals surface area contributed by atoms with Gasteiger partial charge in [-0.05, 0) is 33.3 Å². The largest absolute Gasteiger partial charge is 0.308 e. The Balaban J connectivity index is 2.39. The van der Waals surface area contributed by atoms with Crippen LogP contribution in [-0.2, 0) is 11.3 Å². The molecule has 0 radical (unpaired) electrons. The molecule has 1 N–H and O–H groups in total. The van der Waals surface area contributed by atoms with Crippen LogP contribution < -0.4 is 5.56 Å². The maximum absolute atomic E-state index is 12.7. The van der Waals surface area contributed by atoms with Crippen LogP contribution in [0.1, 0.15) is 24.3 Å². The van der Waals surface area contributed by atoms with Crippen LogP contribution in [0.2, 0.25) is 0 Å². The highest BCUT2D eigenvalue weighted by atomic mass is 32.2. The Kier molecular flexibility index (Phi) is 5.57. The Labute approximate surface area is 148 Å². The fourth-order valence-electron chi connectivity index (χ4n) is 2.33. The molecule has 0 saturated heterocycles. The topological polar surface area (TPSA) is 99.6 Å². The van der Waals surface area contributed by atoms with Gasteiger partial charge in [-0.15, -0.1) is 11.3 Å². The fraction of sp³-hybridized carbons (Fsp3) is 0.438. The Bertz CT molecular complexity index is 921. The van der Waals surface area contributed by atoms with Crippen molar-refractivity contribution in [3.8, 4) is 6.07 Å². The number of nitrogens with one attached hydrogen (secondary N) is 1. The van der Waals surface area contributed by atoms with E-state index in [0.29, 0.717) is 21.9 Å². The minimum absolute atomic E-state index is 0.00966. The maximum Gasteiger partial charge on any atom is 0.263 e. The lowest BCUT2D eigenvalue weighted by atomic mass is 10.0. The van der Waals surface area contributed by atoms with E-state index in [0.717, 1.165) is 22.2 Å². The number of ketones is 1. The third-order valence-electron chi connectivity index (χ3n) is 3.80. The van der Waals surface area contributed by atoms with Gasteiger partial charge in [0.2, 0.25) is 0 Å². The highest BCUT2D eigenvalue weighted by Gasteiger charge is 2.22. The summed E-state index contributed by atoms with van der Waals surface area (Å²) in [6.45, 7) is 7.63. The molecule has 2 aromatic rings. The highest BCUT2D eigenvalue weighted by Crippen LogP contribution is 2.28. The summed E-state index contributed by atoms with van der Waals surface area (Å²) in [6.07, 6.45) is 0. The van der Waals surface area contributed by atoms with Gasteiger partial charge in [-0.3, -0.25) is 14.2 Å². The van der Waals surface area contributed by atoms with Crippen molar-refractivity contribution in [3.05, 3.63) is 20.8 Å². The van der Waals surface area contributed by atoms with E-state index in [1.165, 1.54) is 18.3 Å². The molecule has 0 saturated carbocycles. The van der Waals surface area contributed by atoms with Crippen molar-refractivity contribution in [2.24, 2.45) is 5.92 Å². The van der Waals surface area contributed by atoms with Gasteiger partial charge in [0.25, 0.3) is 5.56 Å². The fourth-order valence-corrected chi connectivity index (χ4v) is 4.37. The number of hydrogen-bond donors (Lipinski definition) is 1. The second-order valence-electron chi connectivity index (χ2n) is 5.41. The summed E-state index contributed by atoms with van der Waals surface area (Å²) >= 11 is 2.61. The highest BCUT2D eigenvalue weighted by molar-refractivity contribution is 7.99. The van der Waals surface area contributed by atoms with Gasteiger partial charge in [0.05, 0.1) is 17.2 Å². The van der Waals surface area contributed by atoms with Crippen LogP contribution in [0.15, 0.2) is 9.95 Å². The quantitative estimate of drug-likeness (QED) is 0.484. The maximum atomic E-state index is 12.7. The molecule has 0 aliphatic rings. The van der Waals surface area contributed by atoms with Crippen LogP contribution in [-0.4, -0.2) is 26.8 Å². The number of nitriles is 1. The monoisotopic (exact) mass is 362 g/mol. The molecule has 0 aliphatic carbocycles. The molecule has 0 aromatic carbocycles. The third kappa shape index (κ3) is 3.28. The van der Waals surface area contributed by atoms with Crippen molar-refractivity contribution in [2.75, 3.05) is 5.75 Å². The van der Waals surface area contributed by atoms with Gasteiger partial charge in [-0.1, -0.05) is 11.8 Å². The Morgan fingerprint density at radius 2 is 2.17 bits per heavy atom. The van der Waals surface area contributed by atoms with Crippen LogP contribution >= 0.6 is 23.1 Å². The predicted molar refractivity (Wildman–Crippen MR) is 97.3 cm³/mol. The summed E-state index contributed by atoms with van der Waals surface area (Å²) in [4.78, 5) is 31.1. The molecule has 8 heteroatoms. The third-order valence-corrected chi connectivity index (χ3v) is 5.90. The zero-order valence-corrected chi connectivity index (χ0v) is 15.6. The number of aryl methyl sites for hydroxylation is 2. The van der Waals surface area contributed by atoms with E-state index in [1.54, 1.807) is 4.57 Å². The first kappa shape index (κ1) is 18.4. The molecule has 2 heterocycles. The smallest absolute Gasteiger partial charge is 0.263 e. The van der Waals surface area contributed by atoms with Gasteiger partial charge in [-0.25, -0.2) is 4.98 Å². The zero-order valence-electron chi connectivity index (χ0n) is 14.0. The van der Waals surface area contributed by atoms with Gasteiger partial charge < -0.3 is 5.41 Å². The number of carbonyl (C=O) groups excluding carboxylic acids is 1. The molecule has 0 fully saturated rings. The van der Waals surface area contributed by atoms with E-state index in [2.05, 4.69) is 4.98 Å². The molecular weight excluding hydrogens is 344 g/mol. The summed E-state index contributed by atoms with van der Waals surface area (Å²) in [6, 6.07) is 1.84. The van der Waals surface area contributed by atoms with E-state index < -0.39 is 5.92 Å². The van der Waals surface area contributed by atoms with Gasteiger partial charge in [0.15, 0.2) is 10.9 Å². The van der Waals surface area contributed by atoms with Gasteiger partial charge >= 0.3 is 0 Å². The van der Waals surface area contributed by atoms with E-state index >= 15 is 0 Å². The summed E-state index contributed by atoms with van der Waals surface area (Å²) in [5, 5.41) is 17.6. The molecule has 2 aromatic heterocycles. The van der Waals surface area contributed by atoms with Crippen LogP contribution in [0.3, 0.4) is 0 Å². The molecule has 0 aliphatic heterocycles. The molecule has 0 bridgehead atoms. The number of thioether (sulfide) groups is 1. The normalized spacial score (nSPS) is 12.1. The van der Waals surface area contributed by atoms with Crippen molar-refractivity contribution in [2.45, 2.75) is 39.4 Å². The van der Waals surface area contributed by atoms with Crippen LogP contribution in [0.4, 0.5) is 0 Å². The second kappa shape index (κ2) is 7.28. The number of rotatable bonds is 6. The number of nitrogens with zero attached hydrogens (tertiary/aromatic N) is 3. The van der Waals surface area contributed by atoms with Gasteiger partial charge in [0.1, 0.15) is 10.7 Å². The first-order valence-corrected chi connectivity index (χ1v) is 9.22. The summed E-state index contributed by atoms with van der Waals surface area (Å²) in [5.41, 5.74) is 0.884. The van der Waals surface area contributed by atoms with Crippen molar-refractivity contribution >= 4 is 44.8 Å². The average molecular weight is 362 g/mol. The minimum atomic E-state index is -1.03. The van der Waals surface area contributed by atoms with E-state index in [1.807, 2.05) is 26.8 Å². The van der Waals surface area contributed by atoms with Crippen LogP contribution in [0.25, 0.3) is 10.2 Å². The van der Waals surface area contributed by atoms with Gasteiger partial charge in [0, 0.05) is 17.1 Å². The SMILES string of the molecule is CCn1c(SCC(=O)[C@@H](C#N)C(C)=N)nc2sc(C)c(C)c2c1=O. The summed E-state index contributed by atoms with van der Waals surface area (Å²) in [5.74, 6) is -1.37. The number of thiophene rings is 1. The number of aromatic nitrogens is 2. The molecule has 126 valence electrons. The summed E-state index contributed by atoms with van der Waals surface area (Å²) < 4.78 is 1.55. The number of carbonyl (C=O) groups is 1. The van der Waals surface area contributed by atoms with E-state index in [-0.39, 0.29) is 22.8 Å². The van der Waals surface area contributed by atoms with Crippen molar-refractivity contribution < 1.29 is 4.79 Å². The second-order valence-corrected chi connectivity index (χ2v) is 7.55. The first-order chi connectivity index (χ1) is 11.3. The number of fused-ring (bicyclic) bond motifs is 1. The lowest BCUT2D eigenvalue weighted by molar-refractivity contribution is -0.117. The average Bonchev–Trinajstić information content (AvgIpc) is 2.80. The predicted octanol–water partition coefficient (Wildman–Crippen LogP) is 2.94. The van der Waals surface area contributed by atoms with E-state index in [9.17, 15) is 9.59 Å². The van der Waals surface area contributed by atoms with Crippen molar-refractivity contribution in [1.29, 1.82) is 10.7 Å². The molecule has 24 heavy (non-hydrogen) atoms. The Morgan fingerprint density at radius 3 is 2.71 bits per heavy atom. The Morgan fingerprint density at radius 1 is 1.50 bits per heavy atom. The number of Topliss-reactive ketones (excluding diaryl/α,β-unsaturated/α-hetero) is 1. The molecule has 2 rings (SSSR count). The van der Waals surface area contributed by atoms with E-state index in [4.69, 9.17) is 10.7 Å². The molecule has 1 atom stereocenters. The standard InChI is InChI=1S/C16H18N4O2S2/c1-5-20-15(22)13-8(2)10(4)24-14(13)19-16(20)23-7-12(21)11(6-17)9(3)18/h11,18H,5,7H2,1-4H3/t11-/m0/s1. The van der Waals surface area contributed by atoms with Crippen molar-refractivity contribution in [1.82, 2.24) is 9.55 Å². The molecule has 0 spiro atoms. The van der Waals surface area contributed by atoms with Gasteiger partial charge in [-0.2, -0.15) is 5.26 Å². The molecule has 0 unspecified atom stereocenters. The van der Waals surface area contributed by atoms with Crippen LogP contribution in [0, 0.1) is 36.5 Å². The van der Waals surface area contributed by atoms with Crippen molar-refractivity contribution in [3.63, 3.8) is 0 Å². The minimum Gasteiger partial charge on any atom is -0.308 e. The Hall–Kier alpha value is -1.98.